The first-order valence-electron chi connectivity index (χ1n) is 6.10. The molecule has 16 heavy (non-hydrogen) atoms. The fourth-order valence-corrected chi connectivity index (χ4v) is 1.09. The van der Waals surface area contributed by atoms with Crippen molar-refractivity contribution in [1.82, 2.24) is 0 Å². The second-order valence-electron chi connectivity index (χ2n) is 2.95. The molecule has 1 aromatic rings. The minimum Gasteiger partial charge on any atom is -0.0991 e. The van der Waals surface area contributed by atoms with E-state index in [0.717, 1.165) is 0 Å². The highest BCUT2D eigenvalue weighted by molar-refractivity contribution is 5.65. The lowest BCUT2D eigenvalue weighted by Gasteiger charge is -2.00. The Bertz CT molecular complexity index is 288. The lowest BCUT2D eigenvalue weighted by Crippen LogP contribution is -1.78. The average molecular weight is 218 g/mol. The van der Waals surface area contributed by atoms with Gasteiger partial charge in [0.05, 0.1) is 0 Å². The maximum absolute atomic E-state index is 3.67. The summed E-state index contributed by atoms with van der Waals surface area (Å²) in [6.07, 6.45) is 3.83. The van der Waals surface area contributed by atoms with Crippen molar-refractivity contribution in [1.29, 1.82) is 0 Å². The molecule has 0 unspecified atom stereocenters. The highest BCUT2D eigenvalue weighted by Gasteiger charge is 1.92. The van der Waals surface area contributed by atoms with Crippen LogP contribution in [0.25, 0.3) is 5.57 Å². The zero-order chi connectivity index (χ0) is 13.0. The Morgan fingerprint density at radius 3 is 1.81 bits per heavy atom. The molecule has 0 aliphatic heterocycles. The van der Waals surface area contributed by atoms with E-state index in [1.807, 2.05) is 39.8 Å². The first-order chi connectivity index (χ1) is 7.74. The van der Waals surface area contributed by atoms with Crippen molar-refractivity contribution in [2.75, 3.05) is 0 Å². The summed E-state index contributed by atoms with van der Waals surface area (Å²) in [5, 5.41) is 0. The molecule has 0 aliphatic carbocycles. The quantitative estimate of drug-likeness (QED) is 0.564. The molecule has 90 valence electrons. The Morgan fingerprint density at radius 2 is 1.44 bits per heavy atom. The summed E-state index contributed by atoms with van der Waals surface area (Å²) in [6.45, 7) is 15.9. The SMILES string of the molecule is C=C/C=C(\C)c1ccc(C)cc1.CC.CC. The lowest BCUT2D eigenvalue weighted by atomic mass is 10.1. The molecule has 0 saturated heterocycles. The smallest absolute Gasteiger partial charge is 0.0227 e. The molecule has 1 aromatic carbocycles. The van der Waals surface area contributed by atoms with E-state index in [2.05, 4.69) is 44.7 Å². The molecule has 0 nitrogen and oxygen atoms in total. The van der Waals surface area contributed by atoms with Gasteiger partial charge in [-0.2, -0.15) is 0 Å². The van der Waals surface area contributed by atoms with Crippen LogP contribution >= 0.6 is 0 Å². The van der Waals surface area contributed by atoms with E-state index in [9.17, 15) is 0 Å². The third-order valence-corrected chi connectivity index (χ3v) is 1.87. The third kappa shape index (κ3) is 7.05. The van der Waals surface area contributed by atoms with Gasteiger partial charge >= 0.3 is 0 Å². The lowest BCUT2D eigenvalue weighted by molar-refractivity contribution is 1.44. The van der Waals surface area contributed by atoms with Crippen LogP contribution in [0, 0.1) is 6.92 Å². The van der Waals surface area contributed by atoms with Crippen molar-refractivity contribution in [3.63, 3.8) is 0 Å². The third-order valence-electron chi connectivity index (χ3n) is 1.87. The molecule has 0 aliphatic rings. The molecule has 0 N–H and O–H groups in total. The monoisotopic (exact) mass is 218 g/mol. The molecule has 0 bridgehead atoms. The molecule has 1 rings (SSSR count). The molecule has 0 fully saturated rings. The summed E-state index contributed by atoms with van der Waals surface area (Å²) in [5.74, 6) is 0. The molecule has 0 heterocycles. The van der Waals surface area contributed by atoms with Gasteiger partial charge in [-0.1, -0.05) is 76.3 Å². The number of allylic oxidation sites excluding steroid dienone is 3. The minimum atomic E-state index is 1.25. The largest absolute Gasteiger partial charge is 0.0991 e. The van der Waals surface area contributed by atoms with Crippen molar-refractivity contribution in [2.45, 2.75) is 41.5 Å². The zero-order valence-electron chi connectivity index (χ0n) is 11.7. The van der Waals surface area contributed by atoms with E-state index >= 15 is 0 Å². The van der Waals surface area contributed by atoms with E-state index in [0.29, 0.717) is 0 Å². The summed E-state index contributed by atoms with van der Waals surface area (Å²) in [7, 11) is 0. The summed E-state index contributed by atoms with van der Waals surface area (Å²) in [6, 6.07) is 8.50. The van der Waals surface area contributed by atoms with Crippen LogP contribution in [0.3, 0.4) is 0 Å². The highest BCUT2D eigenvalue weighted by atomic mass is 14.0. The predicted molar refractivity (Wildman–Crippen MR) is 77.7 cm³/mol. The van der Waals surface area contributed by atoms with Gasteiger partial charge in [0, 0.05) is 0 Å². The summed E-state index contributed by atoms with van der Waals surface area (Å²) in [5.41, 5.74) is 3.82. The van der Waals surface area contributed by atoms with Crippen molar-refractivity contribution < 1.29 is 0 Å². The molecule has 0 aromatic heterocycles. The maximum Gasteiger partial charge on any atom is -0.0227 e. The molecule has 0 saturated carbocycles. The van der Waals surface area contributed by atoms with Crippen LogP contribution < -0.4 is 0 Å². The van der Waals surface area contributed by atoms with E-state index in [1.165, 1.54) is 16.7 Å². The summed E-state index contributed by atoms with van der Waals surface area (Å²) in [4.78, 5) is 0. The Labute approximate surface area is 102 Å². The number of rotatable bonds is 2. The standard InChI is InChI=1S/C12H14.2C2H6/c1-4-5-11(3)12-8-6-10(2)7-9-12;2*1-2/h4-9H,1H2,2-3H3;2*1-2H3/b11-5+;;. The van der Waals surface area contributed by atoms with Crippen molar-refractivity contribution in [2.24, 2.45) is 0 Å². The zero-order valence-corrected chi connectivity index (χ0v) is 11.7. The second-order valence-corrected chi connectivity index (χ2v) is 2.95. The van der Waals surface area contributed by atoms with Gasteiger partial charge in [0.15, 0.2) is 0 Å². The predicted octanol–water partition coefficient (Wildman–Crippen LogP) is 5.64. The van der Waals surface area contributed by atoms with Crippen LogP contribution in [0.4, 0.5) is 0 Å². The van der Waals surface area contributed by atoms with Crippen LogP contribution in [0.2, 0.25) is 0 Å². The first kappa shape index (κ1) is 17.1. The molecule has 0 atom stereocenters. The minimum absolute atomic E-state index is 1.25. The van der Waals surface area contributed by atoms with Crippen molar-refractivity contribution in [3.05, 3.63) is 54.1 Å². The Kier molecular flexibility index (Phi) is 12.6. The van der Waals surface area contributed by atoms with Gasteiger partial charge < -0.3 is 0 Å². The van der Waals surface area contributed by atoms with Crippen LogP contribution in [-0.2, 0) is 0 Å². The number of hydrogen-bond acceptors (Lipinski definition) is 0. The number of benzene rings is 1. The van der Waals surface area contributed by atoms with Gasteiger partial charge in [-0.3, -0.25) is 0 Å². The van der Waals surface area contributed by atoms with E-state index in [4.69, 9.17) is 0 Å². The molecule has 0 heteroatoms. The van der Waals surface area contributed by atoms with Crippen molar-refractivity contribution >= 4 is 5.57 Å². The van der Waals surface area contributed by atoms with Gasteiger partial charge in [0.1, 0.15) is 0 Å². The summed E-state index contributed by atoms with van der Waals surface area (Å²) < 4.78 is 0. The normalized spacial score (nSPS) is 9.25. The second kappa shape index (κ2) is 11.8. The number of hydrogen-bond donors (Lipinski definition) is 0. The molecular formula is C16H26. The van der Waals surface area contributed by atoms with E-state index in [-0.39, 0.29) is 0 Å². The fraction of sp³-hybridized carbons (Fsp3) is 0.375. The van der Waals surface area contributed by atoms with E-state index < -0.39 is 0 Å². The summed E-state index contributed by atoms with van der Waals surface area (Å²) >= 11 is 0. The van der Waals surface area contributed by atoms with Crippen molar-refractivity contribution in [3.8, 4) is 0 Å². The van der Waals surface area contributed by atoms with Crippen LogP contribution in [0.5, 0.6) is 0 Å². The van der Waals surface area contributed by atoms with Gasteiger partial charge in [-0.25, -0.2) is 0 Å². The Morgan fingerprint density at radius 1 is 1.00 bits per heavy atom. The molecular weight excluding hydrogens is 192 g/mol. The van der Waals surface area contributed by atoms with Gasteiger partial charge in [-0.05, 0) is 25.0 Å². The topological polar surface area (TPSA) is 0 Å². The van der Waals surface area contributed by atoms with Gasteiger partial charge in [0.25, 0.3) is 0 Å². The van der Waals surface area contributed by atoms with E-state index in [1.54, 1.807) is 0 Å². The van der Waals surface area contributed by atoms with Crippen LogP contribution in [-0.4, -0.2) is 0 Å². The van der Waals surface area contributed by atoms with Gasteiger partial charge in [-0.15, -0.1) is 0 Å². The maximum atomic E-state index is 3.67. The Balaban J connectivity index is 0. The fourth-order valence-electron chi connectivity index (χ4n) is 1.09. The number of aryl methyl sites for hydroxylation is 1. The average Bonchev–Trinajstić information content (AvgIpc) is 2.35. The highest BCUT2D eigenvalue weighted by Crippen LogP contribution is 2.13. The van der Waals surface area contributed by atoms with Crippen LogP contribution in [0.15, 0.2) is 43.0 Å². The molecule has 0 radical (unpaired) electrons. The molecule has 0 spiro atoms. The first-order valence-corrected chi connectivity index (χ1v) is 6.10. The van der Waals surface area contributed by atoms with Gasteiger partial charge in [0.2, 0.25) is 0 Å². The Hall–Kier alpha value is -1.30. The van der Waals surface area contributed by atoms with Crippen LogP contribution in [0.1, 0.15) is 45.7 Å². The molecule has 0 amide bonds.